The van der Waals surface area contributed by atoms with Crippen molar-refractivity contribution in [2.24, 2.45) is 0 Å². The van der Waals surface area contributed by atoms with E-state index in [2.05, 4.69) is 22.0 Å². The molecule has 3 heterocycles. The maximum atomic E-state index is 13.1. The summed E-state index contributed by atoms with van der Waals surface area (Å²) in [6.45, 7) is 5.93. The Balaban J connectivity index is 2.05. The van der Waals surface area contributed by atoms with Gasteiger partial charge in [0.25, 0.3) is 11.3 Å². The molecule has 126 valence electrons. The van der Waals surface area contributed by atoms with E-state index in [1.54, 1.807) is 15.3 Å². The molecule has 0 spiro atoms. The second-order valence-electron chi connectivity index (χ2n) is 6.03. The SMILES string of the molecule is CSc1nc2nc(C)c3c(=O)n(-c4ccc(C)c(C)c4)ccc3n2n1. The van der Waals surface area contributed by atoms with Gasteiger partial charge in [0.1, 0.15) is 0 Å². The van der Waals surface area contributed by atoms with Gasteiger partial charge in [-0.25, -0.2) is 4.98 Å². The van der Waals surface area contributed by atoms with E-state index in [-0.39, 0.29) is 5.56 Å². The minimum absolute atomic E-state index is 0.103. The second-order valence-corrected chi connectivity index (χ2v) is 6.80. The minimum atomic E-state index is -0.103. The van der Waals surface area contributed by atoms with Gasteiger partial charge in [0.15, 0.2) is 0 Å². The topological polar surface area (TPSA) is 65.1 Å². The quantitative estimate of drug-likeness (QED) is 0.519. The Morgan fingerprint density at radius 3 is 2.56 bits per heavy atom. The zero-order valence-electron chi connectivity index (χ0n) is 14.4. The van der Waals surface area contributed by atoms with E-state index in [4.69, 9.17) is 0 Å². The van der Waals surface area contributed by atoms with Crippen molar-refractivity contribution in [2.45, 2.75) is 25.9 Å². The van der Waals surface area contributed by atoms with E-state index in [0.717, 1.165) is 16.8 Å². The van der Waals surface area contributed by atoms with Crippen LogP contribution in [0.1, 0.15) is 16.8 Å². The molecule has 0 N–H and O–H groups in total. The van der Waals surface area contributed by atoms with Gasteiger partial charge in [0.2, 0.25) is 5.16 Å². The van der Waals surface area contributed by atoms with Crippen molar-refractivity contribution in [2.75, 3.05) is 6.26 Å². The molecule has 3 aromatic heterocycles. The predicted molar refractivity (Wildman–Crippen MR) is 99.9 cm³/mol. The zero-order chi connectivity index (χ0) is 17.7. The molecule has 0 fully saturated rings. The molecular formula is C18H17N5OS. The number of aromatic nitrogens is 5. The lowest BCUT2D eigenvalue weighted by Gasteiger charge is -2.10. The summed E-state index contributed by atoms with van der Waals surface area (Å²) in [7, 11) is 0. The third-order valence-electron chi connectivity index (χ3n) is 4.45. The number of hydrogen-bond donors (Lipinski definition) is 0. The molecule has 0 radical (unpaired) electrons. The van der Waals surface area contributed by atoms with E-state index < -0.39 is 0 Å². The first-order valence-corrected chi connectivity index (χ1v) is 9.12. The summed E-state index contributed by atoms with van der Waals surface area (Å²) in [4.78, 5) is 22.0. The Kier molecular flexibility index (Phi) is 3.61. The Bertz CT molecular complexity index is 1190. The molecule has 6 nitrogen and oxygen atoms in total. The molecule has 0 aliphatic carbocycles. The van der Waals surface area contributed by atoms with E-state index in [9.17, 15) is 4.79 Å². The summed E-state index contributed by atoms with van der Waals surface area (Å²) in [5.74, 6) is 0.512. The van der Waals surface area contributed by atoms with E-state index in [1.165, 1.54) is 17.3 Å². The van der Waals surface area contributed by atoms with E-state index >= 15 is 0 Å². The van der Waals surface area contributed by atoms with Crippen LogP contribution in [-0.2, 0) is 0 Å². The van der Waals surface area contributed by atoms with Crippen LogP contribution >= 0.6 is 11.8 Å². The maximum Gasteiger partial charge on any atom is 0.266 e. The smallest absolute Gasteiger partial charge is 0.266 e. The van der Waals surface area contributed by atoms with Crippen LogP contribution in [0.4, 0.5) is 0 Å². The summed E-state index contributed by atoms with van der Waals surface area (Å²) >= 11 is 1.45. The highest BCUT2D eigenvalue weighted by Crippen LogP contribution is 2.19. The molecule has 0 unspecified atom stereocenters. The molecule has 0 bridgehead atoms. The highest BCUT2D eigenvalue weighted by molar-refractivity contribution is 7.98. The fraction of sp³-hybridized carbons (Fsp3) is 0.222. The van der Waals surface area contributed by atoms with Gasteiger partial charge < -0.3 is 0 Å². The lowest BCUT2D eigenvalue weighted by Crippen LogP contribution is -2.20. The molecule has 4 aromatic rings. The van der Waals surface area contributed by atoms with Crippen LogP contribution in [-0.4, -0.2) is 30.4 Å². The van der Waals surface area contributed by atoms with Crippen molar-refractivity contribution < 1.29 is 0 Å². The average molecular weight is 351 g/mol. The lowest BCUT2D eigenvalue weighted by molar-refractivity contribution is 0.901. The number of benzene rings is 1. The van der Waals surface area contributed by atoms with Gasteiger partial charge in [-0.2, -0.15) is 9.50 Å². The molecule has 1 aromatic carbocycles. The van der Waals surface area contributed by atoms with Crippen LogP contribution in [0.5, 0.6) is 0 Å². The van der Waals surface area contributed by atoms with Gasteiger partial charge in [-0.3, -0.25) is 9.36 Å². The molecule has 0 aliphatic rings. The van der Waals surface area contributed by atoms with Crippen molar-refractivity contribution in [3.05, 3.63) is 57.6 Å². The molecule has 0 aliphatic heterocycles. The first-order chi connectivity index (χ1) is 12.0. The van der Waals surface area contributed by atoms with Gasteiger partial charge in [-0.15, -0.1) is 5.10 Å². The third-order valence-corrected chi connectivity index (χ3v) is 4.99. The molecule has 0 saturated carbocycles. The predicted octanol–water partition coefficient (Wildman–Crippen LogP) is 3.08. The number of nitrogens with zero attached hydrogens (tertiary/aromatic N) is 5. The molecule has 4 rings (SSSR count). The van der Waals surface area contributed by atoms with Crippen LogP contribution in [0.15, 0.2) is 40.4 Å². The summed E-state index contributed by atoms with van der Waals surface area (Å²) in [6, 6.07) is 7.90. The molecule has 0 amide bonds. The van der Waals surface area contributed by atoms with Crippen LogP contribution in [0, 0.1) is 20.8 Å². The van der Waals surface area contributed by atoms with E-state index in [0.29, 0.717) is 22.0 Å². The molecule has 7 heteroatoms. The number of rotatable bonds is 2. The number of pyridine rings is 1. The largest absolute Gasteiger partial charge is 0.284 e. The third kappa shape index (κ3) is 2.42. The average Bonchev–Trinajstić information content (AvgIpc) is 3.00. The first kappa shape index (κ1) is 15.8. The summed E-state index contributed by atoms with van der Waals surface area (Å²) < 4.78 is 3.29. The highest BCUT2D eigenvalue weighted by atomic mass is 32.2. The van der Waals surface area contributed by atoms with Crippen molar-refractivity contribution in [1.29, 1.82) is 0 Å². The van der Waals surface area contributed by atoms with Gasteiger partial charge in [0.05, 0.1) is 16.6 Å². The van der Waals surface area contributed by atoms with Gasteiger partial charge >= 0.3 is 0 Å². The highest BCUT2D eigenvalue weighted by Gasteiger charge is 2.15. The fourth-order valence-corrected chi connectivity index (χ4v) is 3.27. The molecule has 0 atom stereocenters. The summed E-state index contributed by atoms with van der Waals surface area (Å²) in [5.41, 5.74) is 4.47. The number of thioether (sulfide) groups is 1. The Hall–Kier alpha value is -2.67. The van der Waals surface area contributed by atoms with Crippen molar-refractivity contribution in [3.63, 3.8) is 0 Å². The Labute approximate surface area is 148 Å². The molecule has 0 saturated heterocycles. The van der Waals surface area contributed by atoms with Crippen LogP contribution in [0.25, 0.3) is 22.4 Å². The monoisotopic (exact) mass is 351 g/mol. The van der Waals surface area contributed by atoms with Crippen molar-refractivity contribution >= 4 is 28.4 Å². The van der Waals surface area contributed by atoms with E-state index in [1.807, 2.05) is 44.4 Å². The van der Waals surface area contributed by atoms with Gasteiger partial charge in [0, 0.05) is 11.9 Å². The Morgan fingerprint density at radius 2 is 1.84 bits per heavy atom. The Morgan fingerprint density at radius 1 is 1.04 bits per heavy atom. The normalized spacial score (nSPS) is 11.5. The number of fused-ring (bicyclic) bond motifs is 3. The van der Waals surface area contributed by atoms with Crippen LogP contribution in [0.3, 0.4) is 0 Å². The van der Waals surface area contributed by atoms with Crippen LogP contribution in [0.2, 0.25) is 0 Å². The van der Waals surface area contributed by atoms with Crippen LogP contribution < -0.4 is 5.56 Å². The molecule has 25 heavy (non-hydrogen) atoms. The summed E-state index contributed by atoms with van der Waals surface area (Å²) in [5, 5.41) is 5.63. The fourth-order valence-electron chi connectivity index (χ4n) is 2.93. The van der Waals surface area contributed by atoms with Crippen molar-refractivity contribution in [1.82, 2.24) is 24.1 Å². The van der Waals surface area contributed by atoms with Crippen molar-refractivity contribution in [3.8, 4) is 5.69 Å². The lowest BCUT2D eigenvalue weighted by atomic mass is 10.1. The number of hydrogen-bond acceptors (Lipinski definition) is 5. The van der Waals surface area contributed by atoms with Gasteiger partial charge in [-0.05, 0) is 56.4 Å². The second kappa shape index (κ2) is 5.70. The summed E-state index contributed by atoms with van der Waals surface area (Å²) in [6.07, 6.45) is 3.70. The first-order valence-electron chi connectivity index (χ1n) is 7.90. The van der Waals surface area contributed by atoms with Gasteiger partial charge in [-0.1, -0.05) is 17.8 Å². The zero-order valence-corrected chi connectivity index (χ0v) is 15.3. The standard InChI is InChI=1S/C18H17N5OS/c1-10-5-6-13(9-11(10)2)22-8-7-14-15(16(22)24)12(3)19-17-20-18(25-4)21-23(14)17/h5-9H,1-4H3. The molecular weight excluding hydrogens is 334 g/mol. The maximum absolute atomic E-state index is 13.1. The minimum Gasteiger partial charge on any atom is -0.284 e. The number of aryl methyl sites for hydroxylation is 3.